The van der Waals surface area contributed by atoms with Crippen molar-refractivity contribution in [1.29, 1.82) is 0 Å². The minimum atomic E-state index is 0.0330. The molecule has 8 aromatic rings. The fourth-order valence-corrected chi connectivity index (χ4v) is 8.04. The lowest BCUT2D eigenvalue weighted by molar-refractivity contribution is 0.673. The molecule has 2 bridgehead atoms. The van der Waals surface area contributed by atoms with Gasteiger partial charge in [-0.2, -0.15) is 0 Å². The van der Waals surface area contributed by atoms with Crippen LogP contribution in [-0.4, -0.2) is 4.98 Å². The zero-order valence-electron chi connectivity index (χ0n) is 22.5. The highest BCUT2D eigenvalue weighted by molar-refractivity contribution is 6.28. The molecule has 3 aliphatic rings. The molecule has 2 heterocycles. The number of benzene rings is 6. The van der Waals surface area contributed by atoms with Gasteiger partial charge in [0.25, 0.3) is 0 Å². The van der Waals surface area contributed by atoms with Crippen molar-refractivity contribution in [2.75, 3.05) is 0 Å². The zero-order valence-corrected chi connectivity index (χ0v) is 22.5. The van der Waals surface area contributed by atoms with Crippen LogP contribution >= 0.6 is 0 Å². The lowest BCUT2D eigenvalue weighted by atomic mass is 9.60. The molecule has 0 aliphatic heterocycles. The van der Waals surface area contributed by atoms with E-state index >= 15 is 0 Å². The standard InChI is InChI=1S/C39H22N2O/c1-40-28-20-30-36(38-33-24-15-7-5-13-22(24)32(35(28)38)23-14-6-8-16-25(23)33)37-29(41-30)19-27(21-11-3-2-4-12-21)34-26-17-9-10-18-31(26)42-39(34)37/h2-20,32-33,41H. The van der Waals surface area contributed by atoms with Gasteiger partial charge >= 0.3 is 0 Å². The Labute approximate surface area is 241 Å². The van der Waals surface area contributed by atoms with Crippen LogP contribution in [0.2, 0.25) is 0 Å². The van der Waals surface area contributed by atoms with Gasteiger partial charge in [-0.05, 0) is 62.7 Å². The van der Waals surface area contributed by atoms with Crippen molar-refractivity contribution in [3.8, 4) is 11.1 Å². The molecule has 0 saturated carbocycles. The first kappa shape index (κ1) is 22.1. The molecule has 42 heavy (non-hydrogen) atoms. The van der Waals surface area contributed by atoms with Crippen LogP contribution in [0.25, 0.3) is 59.7 Å². The Morgan fingerprint density at radius 2 is 1.19 bits per heavy atom. The number of hydrogen-bond donors (Lipinski definition) is 1. The first-order valence-corrected chi connectivity index (χ1v) is 14.4. The summed E-state index contributed by atoms with van der Waals surface area (Å²) in [5.41, 5.74) is 14.6. The second-order valence-electron chi connectivity index (χ2n) is 11.5. The summed E-state index contributed by atoms with van der Waals surface area (Å²) in [4.78, 5) is 7.89. The van der Waals surface area contributed by atoms with E-state index in [0.717, 1.165) is 60.7 Å². The van der Waals surface area contributed by atoms with Gasteiger partial charge in [-0.1, -0.05) is 97.1 Å². The molecule has 6 aromatic carbocycles. The highest BCUT2D eigenvalue weighted by atomic mass is 16.3. The first-order chi connectivity index (χ1) is 20.8. The average Bonchev–Trinajstić information content (AvgIpc) is 3.62. The summed E-state index contributed by atoms with van der Waals surface area (Å²) in [6.07, 6.45) is 0. The van der Waals surface area contributed by atoms with Gasteiger partial charge in [-0.25, -0.2) is 4.85 Å². The van der Waals surface area contributed by atoms with Gasteiger partial charge in [-0.15, -0.1) is 0 Å². The van der Waals surface area contributed by atoms with Crippen molar-refractivity contribution in [3.63, 3.8) is 0 Å². The van der Waals surface area contributed by atoms with Crippen molar-refractivity contribution < 1.29 is 4.42 Å². The van der Waals surface area contributed by atoms with E-state index in [2.05, 4.69) is 119 Å². The van der Waals surface area contributed by atoms with Gasteiger partial charge in [0.15, 0.2) is 5.69 Å². The molecule has 0 unspecified atom stereocenters. The van der Waals surface area contributed by atoms with E-state index in [1.54, 1.807) is 0 Å². The van der Waals surface area contributed by atoms with Crippen LogP contribution in [0.4, 0.5) is 5.69 Å². The number of rotatable bonds is 1. The molecule has 194 valence electrons. The quantitative estimate of drug-likeness (QED) is 0.209. The molecule has 1 N–H and O–H groups in total. The molecule has 0 radical (unpaired) electrons. The van der Waals surface area contributed by atoms with E-state index in [-0.39, 0.29) is 11.8 Å². The second-order valence-corrected chi connectivity index (χ2v) is 11.5. The summed E-state index contributed by atoms with van der Waals surface area (Å²) in [5, 5.41) is 4.53. The van der Waals surface area contributed by atoms with Gasteiger partial charge < -0.3 is 9.40 Å². The molecule has 0 saturated heterocycles. The maximum atomic E-state index is 8.28. The topological polar surface area (TPSA) is 33.3 Å². The SMILES string of the molecule is [C-]#[N+]c1cc2[nH]c3cc(-c4ccccc4)c4c5ccccc5oc4c3c2c2c1C1c3ccccc3C2c2ccccc21. The molecule has 3 nitrogen and oxygen atoms in total. The molecule has 11 rings (SSSR count). The molecule has 3 aliphatic carbocycles. The molecule has 0 fully saturated rings. The summed E-state index contributed by atoms with van der Waals surface area (Å²) < 4.78 is 6.78. The number of nitrogens with zero attached hydrogens (tertiary/aromatic N) is 1. The minimum absolute atomic E-state index is 0.0330. The van der Waals surface area contributed by atoms with E-state index < -0.39 is 0 Å². The molecule has 0 amide bonds. The van der Waals surface area contributed by atoms with Crippen LogP contribution in [-0.2, 0) is 0 Å². The normalized spacial score (nSPS) is 16.5. The lowest BCUT2D eigenvalue weighted by Crippen LogP contribution is -2.27. The highest BCUT2D eigenvalue weighted by Gasteiger charge is 2.44. The maximum absolute atomic E-state index is 8.28. The average molecular weight is 535 g/mol. The summed E-state index contributed by atoms with van der Waals surface area (Å²) in [6.45, 7) is 8.28. The third kappa shape index (κ3) is 2.61. The molecular weight excluding hydrogens is 512 g/mol. The monoisotopic (exact) mass is 534 g/mol. The van der Waals surface area contributed by atoms with Crippen molar-refractivity contribution >= 4 is 49.4 Å². The van der Waals surface area contributed by atoms with Crippen LogP contribution < -0.4 is 0 Å². The Bertz CT molecular complexity index is 2440. The molecule has 3 heteroatoms. The van der Waals surface area contributed by atoms with E-state index in [4.69, 9.17) is 11.0 Å². The number of nitrogens with one attached hydrogen (secondary N) is 1. The van der Waals surface area contributed by atoms with Gasteiger partial charge in [0, 0.05) is 33.5 Å². The largest absolute Gasteiger partial charge is 0.455 e. The van der Waals surface area contributed by atoms with Crippen LogP contribution in [0.5, 0.6) is 0 Å². The number of para-hydroxylation sites is 1. The van der Waals surface area contributed by atoms with Crippen LogP contribution in [0, 0.1) is 6.57 Å². The van der Waals surface area contributed by atoms with E-state index in [9.17, 15) is 0 Å². The Morgan fingerprint density at radius 3 is 1.88 bits per heavy atom. The van der Waals surface area contributed by atoms with Crippen molar-refractivity contribution in [1.82, 2.24) is 4.98 Å². The number of hydrogen-bond acceptors (Lipinski definition) is 1. The predicted molar refractivity (Wildman–Crippen MR) is 170 cm³/mol. The Balaban J connectivity index is 1.43. The number of aromatic nitrogens is 1. The minimum Gasteiger partial charge on any atom is -0.455 e. The second kappa shape index (κ2) is 7.78. The highest BCUT2D eigenvalue weighted by Crippen LogP contribution is 2.60. The van der Waals surface area contributed by atoms with Crippen molar-refractivity contribution in [2.24, 2.45) is 0 Å². The fourth-order valence-electron chi connectivity index (χ4n) is 8.04. The van der Waals surface area contributed by atoms with E-state index in [1.165, 1.54) is 33.2 Å². The number of H-pyrrole nitrogens is 1. The summed E-state index contributed by atoms with van der Waals surface area (Å²) in [7, 11) is 0. The molecule has 0 atom stereocenters. The summed E-state index contributed by atoms with van der Waals surface area (Å²) in [6, 6.07) is 40.9. The lowest BCUT2D eigenvalue weighted by Gasteiger charge is -2.43. The Hall–Kier alpha value is -5.59. The third-order valence-corrected chi connectivity index (χ3v) is 9.57. The first-order valence-electron chi connectivity index (χ1n) is 14.4. The van der Waals surface area contributed by atoms with Gasteiger partial charge in [0.05, 0.1) is 17.5 Å². The maximum Gasteiger partial charge on any atom is 0.193 e. The number of aromatic amines is 1. The summed E-state index contributed by atoms with van der Waals surface area (Å²) >= 11 is 0. The third-order valence-electron chi connectivity index (χ3n) is 9.57. The van der Waals surface area contributed by atoms with Gasteiger partial charge in [0.1, 0.15) is 11.2 Å². The fraction of sp³-hybridized carbons (Fsp3) is 0.0513. The predicted octanol–water partition coefficient (Wildman–Crippen LogP) is 10.4. The van der Waals surface area contributed by atoms with Gasteiger partial charge in [-0.3, -0.25) is 0 Å². The van der Waals surface area contributed by atoms with Crippen LogP contribution in [0.3, 0.4) is 0 Å². The van der Waals surface area contributed by atoms with Crippen LogP contribution in [0.1, 0.15) is 45.2 Å². The van der Waals surface area contributed by atoms with Crippen molar-refractivity contribution in [2.45, 2.75) is 11.8 Å². The molecule has 0 spiro atoms. The van der Waals surface area contributed by atoms with E-state index in [0.29, 0.717) is 0 Å². The Morgan fingerprint density at radius 1 is 0.595 bits per heavy atom. The number of furan rings is 1. The van der Waals surface area contributed by atoms with Gasteiger partial charge in [0.2, 0.25) is 0 Å². The van der Waals surface area contributed by atoms with Crippen LogP contribution in [0.15, 0.2) is 120 Å². The summed E-state index contributed by atoms with van der Waals surface area (Å²) in [5.74, 6) is 0.0828. The van der Waals surface area contributed by atoms with Crippen molar-refractivity contribution in [3.05, 3.63) is 160 Å². The Kier molecular flexibility index (Phi) is 4.10. The smallest absolute Gasteiger partial charge is 0.193 e. The zero-order chi connectivity index (χ0) is 27.5. The molecular formula is C39H22N2O. The molecule has 2 aromatic heterocycles. The van der Waals surface area contributed by atoms with E-state index in [1.807, 2.05) is 6.07 Å². The number of fused-ring (bicyclic) bond motifs is 7.